The zero-order chi connectivity index (χ0) is 21.3. The van der Waals surface area contributed by atoms with Crippen molar-refractivity contribution in [2.24, 2.45) is 0 Å². The van der Waals surface area contributed by atoms with E-state index >= 15 is 0 Å². The van der Waals surface area contributed by atoms with Crippen molar-refractivity contribution in [2.45, 2.75) is 33.0 Å². The van der Waals surface area contributed by atoms with Crippen LogP contribution in [0.5, 0.6) is 5.75 Å². The summed E-state index contributed by atoms with van der Waals surface area (Å²) >= 11 is 0. The lowest BCUT2D eigenvalue weighted by atomic mass is 10.1. The van der Waals surface area contributed by atoms with E-state index in [1.165, 1.54) is 0 Å². The summed E-state index contributed by atoms with van der Waals surface area (Å²) in [6, 6.07) is 19.4. The molecular formula is C25H28N2O3. The Kier molecular flexibility index (Phi) is 7.57. The summed E-state index contributed by atoms with van der Waals surface area (Å²) in [7, 11) is 1.66. The lowest BCUT2D eigenvalue weighted by Gasteiger charge is -2.24. The smallest absolute Gasteiger partial charge is 0.254 e. The number of pyridine rings is 1. The van der Waals surface area contributed by atoms with E-state index in [0.717, 1.165) is 22.4 Å². The fourth-order valence-corrected chi connectivity index (χ4v) is 3.23. The first kappa shape index (κ1) is 21.5. The summed E-state index contributed by atoms with van der Waals surface area (Å²) in [5.41, 5.74) is 3.84. The first-order chi connectivity index (χ1) is 14.5. The summed E-state index contributed by atoms with van der Waals surface area (Å²) in [5, 5.41) is 0. The van der Waals surface area contributed by atoms with Crippen molar-refractivity contribution in [3.8, 4) is 5.75 Å². The van der Waals surface area contributed by atoms with Gasteiger partial charge < -0.3 is 14.4 Å². The van der Waals surface area contributed by atoms with Gasteiger partial charge in [-0.25, -0.2) is 0 Å². The van der Waals surface area contributed by atoms with Crippen LogP contribution in [0.25, 0.3) is 0 Å². The number of nitrogens with zero attached hydrogens (tertiary/aromatic N) is 2. The standard InChI is InChI=1S/C25H28N2O3/c1-19-7-9-23(10-8-19)25(28)27(16-21-11-13-26-14-12-21)17-22-5-4-6-24(15-22)30-20(2)18-29-3/h4-15,20H,16-18H2,1-3H3. The van der Waals surface area contributed by atoms with Gasteiger partial charge in [-0.1, -0.05) is 29.8 Å². The number of carbonyl (C=O) groups is 1. The molecule has 5 nitrogen and oxygen atoms in total. The molecular weight excluding hydrogens is 376 g/mol. The molecule has 30 heavy (non-hydrogen) atoms. The second kappa shape index (κ2) is 10.6. The molecule has 1 amide bonds. The minimum absolute atomic E-state index is 0.00844. The molecule has 3 rings (SSSR count). The molecule has 0 aliphatic heterocycles. The molecule has 2 aromatic carbocycles. The van der Waals surface area contributed by atoms with Gasteiger partial charge in [0, 0.05) is 38.2 Å². The maximum Gasteiger partial charge on any atom is 0.254 e. The highest BCUT2D eigenvalue weighted by Crippen LogP contribution is 2.19. The van der Waals surface area contributed by atoms with Gasteiger partial charge in [0.25, 0.3) is 5.91 Å². The van der Waals surface area contributed by atoms with E-state index in [1.807, 2.05) is 79.4 Å². The van der Waals surface area contributed by atoms with Crippen molar-refractivity contribution in [2.75, 3.05) is 13.7 Å². The van der Waals surface area contributed by atoms with Crippen molar-refractivity contribution in [1.82, 2.24) is 9.88 Å². The van der Waals surface area contributed by atoms with E-state index in [4.69, 9.17) is 9.47 Å². The first-order valence-electron chi connectivity index (χ1n) is 10.0. The maximum atomic E-state index is 13.3. The molecule has 156 valence electrons. The van der Waals surface area contributed by atoms with Gasteiger partial charge in [-0.2, -0.15) is 0 Å². The molecule has 0 radical (unpaired) electrons. The van der Waals surface area contributed by atoms with Crippen LogP contribution in [0.2, 0.25) is 0 Å². The number of ether oxygens (including phenoxy) is 2. The molecule has 1 unspecified atom stereocenters. The maximum absolute atomic E-state index is 13.3. The normalized spacial score (nSPS) is 11.7. The molecule has 0 aliphatic rings. The van der Waals surface area contributed by atoms with E-state index in [2.05, 4.69) is 4.98 Å². The van der Waals surface area contributed by atoms with Gasteiger partial charge in [-0.3, -0.25) is 9.78 Å². The third-order valence-electron chi connectivity index (χ3n) is 4.72. The van der Waals surface area contributed by atoms with Crippen LogP contribution in [0.1, 0.15) is 34.0 Å². The predicted octanol–water partition coefficient (Wildman–Crippen LogP) is 4.65. The number of hydrogen-bond acceptors (Lipinski definition) is 4. The molecule has 3 aromatic rings. The van der Waals surface area contributed by atoms with Crippen LogP contribution in [0.4, 0.5) is 0 Å². The highest BCUT2D eigenvalue weighted by Gasteiger charge is 2.17. The Morgan fingerprint density at radius 2 is 1.70 bits per heavy atom. The van der Waals surface area contributed by atoms with Crippen LogP contribution in [0.15, 0.2) is 73.1 Å². The van der Waals surface area contributed by atoms with Gasteiger partial charge in [0.05, 0.1) is 6.61 Å². The van der Waals surface area contributed by atoms with Gasteiger partial charge in [0.2, 0.25) is 0 Å². The number of aromatic nitrogens is 1. The second-order valence-corrected chi connectivity index (χ2v) is 7.41. The molecule has 0 spiro atoms. The van der Waals surface area contributed by atoms with Crippen molar-refractivity contribution < 1.29 is 14.3 Å². The summed E-state index contributed by atoms with van der Waals surface area (Å²) in [4.78, 5) is 19.2. The number of amides is 1. The summed E-state index contributed by atoms with van der Waals surface area (Å²) in [6.07, 6.45) is 3.44. The Balaban J connectivity index is 1.81. The van der Waals surface area contributed by atoms with Gasteiger partial charge in [0.1, 0.15) is 11.9 Å². The first-order valence-corrected chi connectivity index (χ1v) is 10.0. The predicted molar refractivity (Wildman–Crippen MR) is 117 cm³/mol. The number of hydrogen-bond donors (Lipinski definition) is 0. The van der Waals surface area contributed by atoms with Crippen molar-refractivity contribution >= 4 is 5.91 Å². The van der Waals surface area contributed by atoms with Crippen LogP contribution < -0.4 is 4.74 Å². The van der Waals surface area contributed by atoms with E-state index < -0.39 is 0 Å². The lowest BCUT2D eigenvalue weighted by molar-refractivity contribution is 0.0729. The third-order valence-corrected chi connectivity index (χ3v) is 4.72. The second-order valence-electron chi connectivity index (χ2n) is 7.41. The lowest BCUT2D eigenvalue weighted by Crippen LogP contribution is -2.30. The van der Waals surface area contributed by atoms with Crippen LogP contribution in [0, 0.1) is 6.92 Å². The number of aryl methyl sites for hydroxylation is 1. The Morgan fingerprint density at radius 3 is 2.40 bits per heavy atom. The fraction of sp³-hybridized carbons (Fsp3) is 0.280. The van der Waals surface area contributed by atoms with Crippen LogP contribution >= 0.6 is 0 Å². The summed E-state index contributed by atoms with van der Waals surface area (Å²) in [5.74, 6) is 0.759. The number of methoxy groups -OCH3 is 1. The minimum Gasteiger partial charge on any atom is -0.488 e. The fourth-order valence-electron chi connectivity index (χ4n) is 3.23. The number of rotatable bonds is 9. The average molecular weight is 405 g/mol. The molecule has 1 atom stereocenters. The minimum atomic E-state index is -0.0487. The summed E-state index contributed by atoms with van der Waals surface area (Å²) in [6.45, 7) is 5.47. The van der Waals surface area contributed by atoms with E-state index in [1.54, 1.807) is 19.5 Å². The zero-order valence-corrected chi connectivity index (χ0v) is 17.7. The molecule has 0 N–H and O–H groups in total. The molecule has 0 saturated heterocycles. The van der Waals surface area contributed by atoms with E-state index in [0.29, 0.717) is 25.3 Å². The Labute approximate surface area is 178 Å². The van der Waals surface area contributed by atoms with Crippen molar-refractivity contribution in [3.63, 3.8) is 0 Å². The number of carbonyl (C=O) groups excluding carboxylic acids is 1. The van der Waals surface area contributed by atoms with E-state index in [9.17, 15) is 4.79 Å². The average Bonchev–Trinajstić information content (AvgIpc) is 2.74. The van der Waals surface area contributed by atoms with Crippen LogP contribution in [-0.4, -0.2) is 35.6 Å². The van der Waals surface area contributed by atoms with Gasteiger partial charge in [0.15, 0.2) is 0 Å². The van der Waals surface area contributed by atoms with Crippen molar-refractivity contribution in [1.29, 1.82) is 0 Å². The van der Waals surface area contributed by atoms with Crippen LogP contribution in [0.3, 0.4) is 0 Å². The Hall–Kier alpha value is -3.18. The van der Waals surface area contributed by atoms with Crippen molar-refractivity contribution in [3.05, 3.63) is 95.3 Å². The van der Waals surface area contributed by atoms with Gasteiger partial charge >= 0.3 is 0 Å². The highest BCUT2D eigenvalue weighted by atomic mass is 16.5. The Bertz CT molecular complexity index is 942. The molecule has 0 aliphatic carbocycles. The molecule has 1 heterocycles. The number of benzene rings is 2. The molecule has 1 aromatic heterocycles. The summed E-state index contributed by atoms with van der Waals surface area (Å²) < 4.78 is 11.1. The molecule has 0 bridgehead atoms. The van der Waals surface area contributed by atoms with Crippen LogP contribution in [-0.2, 0) is 17.8 Å². The SMILES string of the molecule is COCC(C)Oc1cccc(CN(Cc2ccncc2)C(=O)c2ccc(C)cc2)c1. The monoisotopic (exact) mass is 404 g/mol. The van der Waals surface area contributed by atoms with E-state index in [-0.39, 0.29) is 12.0 Å². The largest absolute Gasteiger partial charge is 0.488 e. The molecule has 0 saturated carbocycles. The highest BCUT2D eigenvalue weighted by molar-refractivity contribution is 5.94. The molecule has 0 fully saturated rings. The Morgan fingerprint density at radius 1 is 1.00 bits per heavy atom. The zero-order valence-electron chi connectivity index (χ0n) is 17.7. The van der Waals surface area contributed by atoms with Gasteiger partial charge in [-0.15, -0.1) is 0 Å². The quantitative estimate of drug-likeness (QED) is 0.521. The molecule has 5 heteroatoms. The topological polar surface area (TPSA) is 51.7 Å². The third kappa shape index (κ3) is 6.16. The van der Waals surface area contributed by atoms with Gasteiger partial charge in [-0.05, 0) is 61.4 Å².